The molecule has 2 fully saturated rings. The van der Waals surface area contributed by atoms with Gasteiger partial charge < -0.3 is 15.1 Å². The van der Waals surface area contributed by atoms with Crippen LogP contribution in [-0.2, 0) is 11.3 Å². The minimum Gasteiger partial charge on any atom is -0.355 e. The summed E-state index contributed by atoms with van der Waals surface area (Å²) in [6, 6.07) is 13.8. The Morgan fingerprint density at radius 1 is 1.06 bits per heavy atom. The maximum atomic E-state index is 13.6. The van der Waals surface area contributed by atoms with E-state index in [-0.39, 0.29) is 23.8 Å². The number of benzene rings is 2. The van der Waals surface area contributed by atoms with E-state index >= 15 is 0 Å². The summed E-state index contributed by atoms with van der Waals surface area (Å²) in [6.07, 6.45) is 4.92. The molecule has 33 heavy (non-hydrogen) atoms. The first-order chi connectivity index (χ1) is 15.9. The van der Waals surface area contributed by atoms with Crippen molar-refractivity contribution >= 4 is 29.3 Å². The number of carbonyl (C=O) groups excluding carboxylic acids is 3. The highest BCUT2D eigenvalue weighted by Gasteiger charge is 2.48. The van der Waals surface area contributed by atoms with Gasteiger partial charge in [-0.3, -0.25) is 14.4 Å². The Labute approximate surface area is 199 Å². The minimum absolute atomic E-state index is 0.0462. The van der Waals surface area contributed by atoms with E-state index in [1.807, 2.05) is 17.0 Å². The van der Waals surface area contributed by atoms with Crippen LogP contribution in [0.2, 0.25) is 5.02 Å². The van der Waals surface area contributed by atoms with Crippen LogP contribution in [0.5, 0.6) is 0 Å². The molecule has 0 bridgehead atoms. The number of amides is 3. The lowest BCUT2D eigenvalue weighted by atomic mass is 9.84. The van der Waals surface area contributed by atoms with E-state index in [0.717, 1.165) is 31.2 Å². The van der Waals surface area contributed by atoms with Crippen LogP contribution < -0.4 is 5.32 Å². The molecule has 1 saturated carbocycles. The standard InChI is InChI=1S/C26H30ClN3O3/c1-28-24(31)18-12-10-17(11-13-18)16-29(2)26(33)23-15-19-6-3-4-9-22(19)30(23)25(32)20-7-5-8-21(27)14-20/h5,7-8,10-14,19,22-23H,3-4,6,9,15-16H2,1-2H3,(H,28,31). The van der Waals surface area contributed by atoms with E-state index in [4.69, 9.17) is 11.6 Å². The van der Waals surface area contributed by atoms with Crippen LogP contribution in [0.1, 0.15) is 58.4 Å². The Kier molecular flexibility index (Phi) is 7.03. The Hall–Kier alpha value is -2.86. The van der Waals surface area contributed by atoms with Crippen molar-refractivity contribution in [1.29, 1.82) is 0 Å². The van der Waals surface area contributed by atoms with E-state index in [1.165, 1.54) is 0 Å². The zero-order valence-corrected chi connectivity index (χ0v) is 19.8. The molecule has 3 atom stereocenters. The van der Waals surface area contributed by atoms with Gasteiger partial charge in [0.05, 0.1) is 0 Å². The molecule has 1 aliphatic heterocycles. The smallest absolute Gasteiger partial charge is 0.254 e. The summed E-state index contributed by atoms with van der Waals surface area (Å²) in [7, 11) is 3.37. The van der Waals surface area contributed by atoms with Crippen LogP contribution in [0.3, 0.4) is 0 Å². The van der Waals surface area contributed by atoms with Crippen LogP contribution >= 0.6 is 11.6 Å². The lowest BCUT2D eigenvalue weighted by molar-refractivity contribution is -0.134. The lowest BCUT2D eigenvalue weighted by Crippen LogP contribution is -2.49. The average Bonchev–Trinajstić information content (AvgIpc) is 3.22. The molecule has 1 saturated heterocycles. The Morgan fingerprint density at radius 2 is 1.79 bits per heavy atom. The number of hydrogen-bond donors (Lipinski definition) is 1. The monoisotopic (exact) mass is 467 g/mol. The van der Waals surface area contributed by atoms with Crippen molar-refractivity contribution in [2.75, 3.05) is 14.1 Å². The third-order valence-corrected chi connectivity index (χ3v) is 7.15. The molecule has 3 unspecified atom stereocenters. The summed E-state index contributed by atoms with van der Waals surface area (Å²) >= 11 is 6.14. The normalized spacial score (nSPS) is 21.9. The summed E-state index contributed by atoms with van der Waals surface area (Å²) < 4.78 is 0. The summed E-state index contributed by atoms with van der Waals surface area (Å²) in [5.41, 5.74) is 2.04. The summed E-state index contributed by atoms with van der Waals surface area (Å²) in [6.45, 7) is 0.415. The first kappa shape index (κ1) is 23.3. The van der Waals surface area contributed by atoms with Gasteiger partial charge in [-0.1, -0.05) is 42.6 Å². The highest BCUT2D eigenvalue weighted by molar-refractivity contribution is 6.31. The van der Waals surface area contributed by atoms with E-state index in [2.05, 4.69) is 5.32 Å². The maximum Gasteiger partial charge on any atom is 0.254 e. The number of carbonyl (C=O) groups is 3. The van der Waals surface area contributed by atoms with Crippen molar-refractivity contribution in [3.63, 3.8) is 0 Å². The highest BCUT2D eigenvalue weighted by Crippen LogP contribution is 2.41. The molecule has 174 valence electrons. The zero-order valence-electron chi connectivity index (χ0n) is 19.1. The van der Waals surface area contributed by atoms with E-state index in [1.54, 1.807) is 55.4 Å². The summed E-state index contributed by atoms with van der Waals surface area (Å²) in [5.74, 6) is 0.0505. The highest BCUT2D eigenvalue weighted by atomic mass is 35.5. The Morgan fingerprint density at radius 3 is 2.48 bits per heavy atom. The van der Waals surface area contributed by atoms with Crippen LogP contribution in [0.25, 0.3) is 0 Å². The molecular formula is C26H30ClN3O3. The van der Waals surface area contributed by atoms with Crippen molar-refractivity contribution in [2.45, 2.75) is 50.7 Å². The zero-order chi connectivity index (χ0) is 23.5. The number of halogens is 1. The Balaban J connectivity index is 1.53. The van der Waals surface area contributed by atoms with Gasteiger partial charge in [-0.25, -0.2) is 0 Å². The fourth-order valence-electron chi connectivity index (χ4n) is 5.26. The number of nitrogens with one attached hydrogen (secondary N) is 1. The van der Waals surface area contributed by atoms with Gasteiger partial charge in [0, 0.05) is 42.8 Å². The molecule has 6 nitrogen and oxygen atoms in total. The quantitative estimate of drug-likeness (QED) is 0.718. The molecule has 1 aliphatic carbocycles. The summed E-state index contributed by atoms with van der Waals surface area (Å²) in [4.78, 5) is 42.4. The van der Waals surface area contributed by atoms with Crippen LogP contribution in [0.4, 0.5) is 0 Å². The molecule has 1 N–H and O–H groups in total. The van der Waals surface area contributed by atoms with E-state index < -0.39 is 6.04 Å². The van der Waals surface area contributed by atoms with Crippen molar-refractivity contribution < 1.29 is 14.4 Å². The molecule has 0 aromatic heterocycles. The van der Waals surface area contributed by atoms with Gasteiger partial charge in [0.1, 0.15) is 6.04 Å². The topological polar surface area (TPSA) is 69.7 Å². The van der Waals surface area contributed by atoms with Crippen molar-refractivity contribution in [1.82, 2.24) is 15.1 Å². The van der Waals surface area contributed by atoms with Gasteiger partial charge in [0.2, 0.25) is 5.91 Å². The Bertz CT molecular complexity index is 1040. The first-order valence-electron chi connectivity index (χ1n) is 11.5. The van der Waals surface area contributed by atoms with Crippen LogP contribution in [-0.4, -0.2) is 53.7 Å². The second kappa shape index (κ2) is 9.96. The lowest BCUT2D eigenvalue weighted by Gasteiger charge is -2.34. The molecule has 2 aromatic carbocycles. The van der Waals surface area contributed by atoms with Crippen LogP contribution in [0, 0.1) is 5.92 Å². The summed E-state index contributed by atoms with van der Waals surface area (Å²) in [5, 5.41) is 3.12. The van der Waals surface area contributed by atoms with E-state index in [0.29, 0.717) is 35.0 Å². The van der Waals surface area contributed by atoms with Gasteiger partial charge in [0.15, 0.2) is 0 Å². The van der Waals surface area contributed by atoms with Gasteiger partial charge >= 0.3 is 0 Å². The molecule has 2 aliphatic rings. The van der Waals surface area contributed by atoms with Gasteiger partial charge in [-0.15, -0.1) is 0 Å². The average molecular weight is 468 g/mol. The minimum atomic E-state index is -0.472. The predicted octanol–water partition coefficient (Wildman–Crippen LogP) is 4.13. The third kappa shape index (κ3) is 4.91. The predicted molar refractivity (Wildman–Crippen MR) is 128 cm³/mol. The van der Waals surface area contributed by atoms with Gasteiger partial charge in [0.25, 0.3) is 11.8 Å². The molecule has 2 aromatic rings. The fourth-order valence-corrected chi connectivity index (χ4v) is 5.45. The number of nitrogens with zero attached hydrogens (tertiary/aromatic N) is 2. The van der Waals surface area contributed by atoms with Gasteiger partial charge in [-0.2, -0.15) is 0 Å². The second-order valence-electron chi connectivity index (χ2n) is 9.06. The number of likely N-dealkylation sites (N-methyl/N-ethyl adjacent to an activating group) is 1. The SMILES string of the molecule is CNC(=O)c1ccc(CN(C)C(=O)C2CC3CCCCC3N2C(=O)c2cccc(Cl)c2)cc1. The fraction of sp³-hybridized carbons (Fsp3) is 0.423. The number of likely N-dealkylation sites (tertiary alicyclic amines) is 1. The maximum absolute atomic E-state index is 13.6. The molecule has 4 rings (SSSR count). The molecule has 3 amide bonds. The van der Waals surface area contributed by atoms with Crippen molar-refractivity contribution in [2.24, 2.45) is 5.92 Å². The first-order valence-corrected chi connectivity index (χ1v) is 11.9. The van der Waals surface area contributed by atoms with E-state index in [9.17, 15) is 14.4 Å². The second-order valence-corrected chi connectivity index (χ2v) is 9.49. The molecule has 1 heterocycles. The largest absolute Gasteiger partial charge is 0.355 e. The molecular weight excluding hydrogens is 438 g/mol. The molecule has 7 heteroatoms. The molecule has 0 spiro atoms. The third-order valence-electron chi connectivity index (χ3n) is 6.92. The van der Waals surface area contributed by atoms with Gasteiger partial charge in [-0.05, 0) is 61.1 Å². The van der Waals surface area contributed by atoms with Crippen molar-refractivity contribution in [3.8, 4) is 0 Å². The number of fused-ring (bicyclic) bond motifs is 1. The number of rotatable bonds is 5. The van der Waals surface area contributed by atoms with Crippen LogP contribution in [0.15, 0.2) is 48.5 Å². The van der Waals surface area contributed by atoms with Crippen molar-refractivity contribution in [3.05, 3.63) is 70.2 Å². The number of hydrogen-bond acceptors (Lipinski definition) is 3. The molecule has 0 radical (unpaired) electrons.